The van der Waals surface area contributed by atoms with Gasteiger partial charge in [-0.1, -0.05) is 152 Å². The van der Waals surface area contributed by atoms with E-state index in [9.17, 15) is 25.2 Å². The Morgan fingerprint density at radius 1 is 0.480 bits per heavy atom. The topological polar surface area (TPSA) is 110 Å². The van der Waals surface area contributed by atoms with Crippen molar-refractivity contribution in [1.82, 2.24) is 5.32 Å². The quantitative estimate of drug-likeness (QED) is 0.0327. The first-order chi connectivity index (χ1) is 24.5. The van der Waals surface area contributed by atoms with Gasteiger partial charge in [0.1, 0.15) is 12.2 Å². The molecule has 0 aromatic heterocycles. The van der Waals surface area contributed by atoms with Gasteiger partial charge in [-0.2, -0.15) is 0 Å². The Bertz CT molecular complexity index is 838. The first-order valence-electron chi connectivity index (χ1n) is 21.0. The minimum Gasteiger partial charge on any atom is -0.394 e. The largest absolute Gasteiger partial charge is 0.394 e. The minimum absolute atomic E-state index is 0.343. The maximum atomic E-state index is 12.5. The lowest BCUT2D eigenvalue weighted by Gasteiger charge is -2.27. The van der Waals surface area contributed by atoms with Crippen LogP contribution >= 0.6 is 0 Å². The van der Waals surface area contributed by atoms with E-state index in [0.29, 0.717) is 19.3 Å². The summed E-state index contributed by atoms with van der Waals surface area (Å²) in [5.74, 6) is -0.610. The fourth-order valence-electron chi connectivity index (χ4n) is 6.08. The molecule has 292 valence electrons. The van der Waals surface area contributed by atoms with Crippen molar-refractivity contribution in [2.75, 3.05) is 6.61 Å². The molecule has 1 amide bonds. The number of aliphatic hydroxyl groups is 4. The van der Waals surface area contributed by atoms with Gasteiger partial charge in [0.2, 0.25) is 5.91 Å². The lowest BCUT2D eigenvalue weighted by Crippen LogP contribution is -2.53. The summed E-state index contributed by atoms with van der Waals surface area (Å²) in [6, 6.07) is -1.02. The molecule has 0 aromatic carbocycles. The highest BCUT2D eigenvalue weighted by Gasteiger charge is 2.28. The van der Waals surface area contributed by atoms with Gasteiger partial charge in [0.05, 0.1) is 18.8 Å². The second kappa shape index (κ2) is 38.5. The second-order valence-corrected chi connectivity index (χ2v) is 14.3. The summed E-state index contributed by atoms with van der Waals surface area (Å²) in [5.41, 5.74) is 0. The van der Waals surface area contributed by atoms with Gasteiger partial charge in [0.25, 0.3) is 0 Å². The van der Waals surface area contributed by atoms with Crippen molar-refractivity contribution < 1.29 is 25.2 Å². The molecule has 4 unspecified atom stereocenters. The highest BCUT2D eigenvalue weighted by Crippen LogP contribution is 2.13. The molecule has 0 saturated carbocycles. The predicted octanol–water partition coefficient (Wildman–Crippen LogP) is 10.7. The molecule has 5 N–H and O–H groups in total. The molecule has 50 heavy (non-hydrogen) atoms. The molecule has 0 rings (SSSR count). The van der Waals surface area contributed by atoms with Gasteiger partial charge in [-0.25, -0.2) is 0 Å². The van der Waals surface area contributed by atoms with Crippen LogP contribution in [-0.2, 0) is 4.79 Å². The van der Waals surface area contributed by atoms with E-state index < -0.39 is 36.9 Å². The van der Waals surface area contributed by atoms with Crippen molar-refractivity contribution in [3.05, 3.63) is 48.6 Å². The standard InChI is InChI=1S/C44H81NO5/c1-3-5-7-9-11-13-15-17-19-21-23-25-27-29-31-33-35-37-41(47)43(49)40(39-46)45-44(50)42(48)38-36-34-32-30-28-26-24-22-20-18-16-14-12-10-8-6-4-2/h13,15,21,23-24,26,29,31,40-43,46-49H,3-12,14,16-20,22,25,27-28,30,32-39H2,1-2H3,(H,45,50)/b15-13+,23-21+,26-24-,31-29+. The molecule has 0 aliphatic carbocycles. The van der Waals surface area contributed by atoms with Crippen LogP contribution in [0.1, 0.15) is 194 Å². The maximum Gasteiger partial charge on any atom is 0.249 e. The van der Waals surface area contributed by atoms with Crippen LogP contribution in [0.3, 0.4) is 0 Å². The van der Waals surface area contributed by atoms with Crippen molar-refractivity contribution in [1.29, 1.82) is 0 Å². The molecule has 0 heterocycles. The monoisotopic (exact) mass is 704 g/mol. The van der Waals surface area contributed by atoms with Crippen LogP contribution in [0.4, 0.5) is 0 Å². The molecule has 0 spiro atoms. The lowest BCUT2D eigenvalue weighted by atomic mass is 10.00. The molecule has 0 bridgehead atoms. The van der Waals surface area contributed by atoms with E-state index in [1.807, 2.05) is 0 Å². The highest BCUT2D eigenvalue weighted by molar-refractivity contribution is 5.80. The third kappa shape index (κ3) is 32.2. The summed E-state index contributed by atoms with van der Waals surface area (Å²) < 4.78 is 0. The Morgan fingerprint density at radius 3 is 1.28 bits per heavy atom. The van der Waals surface area contributed by atoms with Gasteiger partial charge in [0.15, 0.2) is 0 Å². The first kappa shape index (κ1) is 48.3. The van der Waals surface area contributed by atoms with Crippen LogP contribution < -0.4 is 5.32 Å². The van der Waals surface area contributed by atoms with E-state index >= 15 is 0 Å². The number of aliphatic hydroxyl groups excluding tert-OH is 4. The Kier molecular flexibility index (Phi) is 37.2. The summed E-state index contributed by atoms with van der Waals surface area (Å²) in [5, 5.41) is 43.6. The summed E-state index contributed by atoms with van der Waals surface area (Å²) >= 11 is 0. The fourth-order valence-corrected chi connectivity index (χ4v) is 6.08. The fraction of sp³-hybridized carbons (Fsp3) is 0.795. The van der Waals surface area contributed by atoms with Crippen LogP contribution in [0.5, 0.6) is 0 Å². The smallest absolute Gasteiger partial charge is 0.249 e. The van der Waals surface area contributed by atoms with E-state index in [1.165, 1.54) is 96.3 Å². The normalized spacial score (nSPS) is 14.8. The van der Waals surface area contributed by atoms with Crippen LogP contribution in [-0.4, -0.2) is 57.3 Å². The number of carbonyl (C=O) groups excluding carboxylic acids is 1. The van der Waals surface area contributed by atoms with Gasteiger partial charge in [-0.15, -0.1) is 0 Å². The zero-order chi connectivity index (χ0) is 36.8. The van der Waals surface area contributed by atoms with Crippen molar-refractivity contribution >= 4 is 5.91 Å². The molecule has 0 fully saturated rings. The van der Waals surface area contributed by atoms with Gasteiger partial charge >= 0.3 is 0 Å². The summed E-state index contributed by atoms with van der Waals surface area (Å²) in [6.45, 7) is 4.00. The lowest BCUT2D eigenvalue weighted by molar-refractivity contribution is -0.132. The van der Waals surface area contributed by atoms with Crippen LogP contribution in [0.25, 0.3) is 0 Å². The molecule has 0 aromatic rings. The molecule has 4 atom stereocenters. The molecule has 0 aliphatic rings. The maximum absolute atomic E-state index is 12.5. The number of carbonyl (C=O) groups is 1. The number of hydrogen-bond donors (Lipinski definition) is 5. The van der Waals surface area contributed by atoms with Crippen molar-refractivity contribution in [2.45, 2.75) is 218 Å². The zero-order valence-corrected chi connectivity index (χ0v) is 32.6. The Labute approximate surface area is 309 Å². The number of rotatable bonds is 37. The minimum atomic E-state index is -1.30. The molecule has 0 saturated heterocycles. The van der Waals surface area contributed by atoms with Gasteiger partial charge in [-0.05, 0) is 89.9 Å². The number of nitrogens with one attached hydrogen (secondary N) is 1. The molecule has 6 nitrogen and oxygen atoms in total. The van der Waals surface area contributed by atoms with E-state index in [4.69, 9.17) is 0 Å². The zero-order valence-electron chi connectivity index (χ0n) is 32.6. The van der Waals surface area contributed by atoms with Gasteiger partial charge < -0.3 is 25.7 Å². The van der Waals surface area contributed by atoms with Crippen molar-refractivity contribution in [3.8, 4) is 0 Å². The SMILES string of the molecule is CCCCCC/C=C/CC/C=C/CC/C=C/CCCC(O)C(O)C(CO)NC(=O)C(O)CCCCCC/C=C\CCCCCCCCCCC. The predicted molar refractivity (Wildman–Crippen MR) is 214 cm³/mol. The Balaban J connectivity index is 3.88. The number of amides is 1. The summed E-state index contributed by atoms with van der Waals surface area (Å²) in [7, 11) is 0. The van der Waals surface area contributed by atoms with Gasteiger partial charge in [0, 0.05) is 0 Å². The molecule has 6 heteroatoms. The molecular formula is C44H81NO5. The average molecular weight is 704 g/mol. The number of allylic oxidation sites excluding steroid dienone is 8. The van der Waals surface area contributed by atoms with E-state index in [-0.39, 0.29) is 0 Å². The highest BCUT2D eigenvalue weighted by atomic mass is 16.3. The van der Waals surface area contributed by atoms with Gasteiger partial charge in [-0.3, -0.25) is 4.79 Å². The van der Waals surface area contributed by atoms with Crippen LogP contribution in [0, 0.1) is 0 Å². The average Bonchev–Trinajstić information content (AvgIpc) is 3.12. The molecular weight excluding hydrogens is 622 g/mol. The third-order valence-corrected chi connectivity index (χ3v) is 9.47. The van der Waals surface area contributed by atoms with Crippen LogP contribution in [0.15, 0.2) is 48.6 Å². The van der Waals surface area contributed by atoms with E-state index in [2.05, 4.69) is 67.8 Å². The second-order valence-electron chi connectivity index (χ2n) is 14.3. The summed E-state index contributed by atoms with van der Waals surface area (Å²) in [6.07, 6.45) is 45.6. The first-order valence-corrected chi connectivity index (χ1v) is 21.0. The van der Waals surface area contributed by atoms with Crippen molar-refractivity contribution in [2.24, 2.45) is 0 Å². The summed E-state index contributed by atoms with van der Waals surface area (Å²) in [4.78, 5) is 12.5. The molecule has 0 aliphatic heterocycles. The van der Waals surface area contributed by atoms with Crippen LogP contribution in [0.2, 0.25) is 0 Å². The van der Waals surface area contributed by atoms with Crippen molar-refractivity contribution in [3.63, 3.8) is 0 Å². The Morgan fingerprint density at radius 2 is 0.840 bits per heavy atom. The molecule has 0 radical (unpaired) electrons. The Hall–Kier alpha value is -1.73. The number of hydrogen-bond acceptors (Lipinski definition) is 5. The number of unbranched alkanes of at least 4 members (excludes halogenated alkanes) is 20. The third-order valence-electron chi connectivity index (χ3n) is 9.47. The van der Waals surface area contributed by atoms with E-state index in [1.54, 1.807) is 0 Å². The van der Waals surface area contributed by atoms with E-state index in [0.717, 1.165) is 64.2 Å².